The summed E-state index contributed by atoms with van der Waals surface area (Å²) in [5.41, 5.74) is 3.48. The number of ether oxygens (including phenoxy) is 2. The van der Waals surface area contributed by atoms with Crippen LogP contribution in [0.4, 0.5) is 11.8 Å². The Bertz CT molecular complexity index is 916. The molecule has 2 heterocycles. The Labute approximate surface area is 151 Å². The predicted octanol–water partition coefficient (Wildman–Crippen LogP) is 3.13. The van der Waals surface area contributed by atoms with Crippen LogP contribution >= 0.6 is 0 Å². The van der Waals surface area contributed by atoms with Gasteiger partial charge in [0.2, 0.25) is 12.7 Å². The van der Waals surface area contributed by atoms with E-state index in [1.807, 2.05) is 24.3 Å². The maximum atomic E-state index is 5.39. The molecule has 0 amide bonds. The number of rotatable bonds is 6. The van der Waals surface area contributed by atoms with Crippen molar-refractivity contribution in [2.24, 2.45) is 0 Å². The molecule has 0 fully saturated rings. The van der Waals surface area contributed by atoms with Gasteiger partial charge in [-0.05, 0) is 30.2 Å². The minimum Gasteiger partial charge on any atom is -0.454 e. The molecule has 4 rings (SSSR count). The van der Waals surface area contributed by atoms with Crippen molar-refractivity contribution in [3.05, 3.63) is 65.4 Å². The van der Waals surface area contributed by atoms with Gasteiger partial charge in [-0.15, -0.1) is 5.10 Å². The number of nitrogens with one attached hydrogen (secondary N) is 2. The molecular weight excluding hydrogens is 330 g/mol. The monoisotopic (exact) mass is 349 g/mol. The molecule has 0 unspecified atom stereocenters. The van der Waals surface area contributed by atoms with Crippen LogP contribution in [0.2, 0.25) is 0 Å². The van der Waals surface area contributed by atoms with Crippen molar-refractivity contribution >= 4 is 11.8 Å². The summed E-state index contributed by atoms with van der Waals surface area (Å²) in [4.78, 5) is 4.45. The second kappa shape index (κ2) is 7.26. The maximum absolute atomic E-state index is 5.39. The first-order chi connectivity index (χ1) is 12.8. The largest absolute Gasteiger partial charge is 0.454 e. The standard InChI is InChI=1S/C19H19N5O2/c1-13-3-2-4-14(7-13)9-20-18-11-22-24-19(23-18)21-10-15-5-6-16-17(8-15)26-12-25-16/h2-8,11H,9-10,12H2,1H3,(H2,20,21,23,24). The first-order valence-electron chi connectivity index (χ1n) is 8.38. The van der Waals surface area contributed by atoms with Crippen molar-refractivity contribution < 1.29 is 9.47 Å². The Kier molecular flexibility index (Phi) is 4.51. The van der Waals surface area contributed by atoms with Crippen LogP contribution in [0.5, 0.6) is 11.5 Å². The third kappa shape index (κ3) is 3.83. The van der Waals surface area contributed by atoms with Crippen LogP contribution in [-0.2, 0) is 13.1 Å². The fraction of sp³-hybridized carbons (Fsp3) is 0.211. The molecule has 0 aliphatic carbocycles. The summed E-state index contributed by atoms with van der Waals surface area (Å²) in [6.07, 6.45) is 1.61. The van der Waals surface area contributed by atoms with Crippen molar-refractivity contribution in [2.45, 2.75) is 20.0 Å². The Hall–Kier alpha value is -3.35. The smallest absolute Gasteiger partial charge is 0.244 e. The van der Waals surface area contributed by atoms with E-state index in [0.29, 0.717) is 24.9 Å². The van der Waals surface area contributed by atoms with Crippen LogP contribution in [0.3, 0.4) is 0 Å². The van der Waals surface area contributed by atoms with Crippen molar-refractivity contribution in [3.63, 3.8) is 0 Å². The van der Waals surface area contributed by atoms with Gasteiger partial charge in [-0.1, -0.05) is 35.9 Å². The van der Waals surface area contributed by atoms with E-state index in [2.05, 4.69) is 50.9 Å². The van der Waals surface area contributed by atoms with E-state index >= 15 is 0 Å². The average Bonchev–Trinajstić information content (AvgIpc) is 3.13. The molecule has 3 aromatic rings. The molecule has 1 aromatic heterocycles. The van der Waals surface area contributed by atoms with Gasteiger partial charge in [0.15, 0.2) is 17.3 Å². The van der Waals surface area contributed by atoms with Gasteiger partial charge in [-0.25, -0.2) is 0 Å². The second-order valence-corrected chi connectivity index (χ2v) is 6.05. The van der Waals surface area contributed by atoms with Crippen LogP contribution < -0.4 is 20.1 Å². The lowest BCUT2D eigenvalue weighted by Crippen LogP contribution is -2.08. The molecular formula is C19H19N5O2. The van der Waals surface area contributed by atoms with Gasteiger partial charge in [0, 0.05) is 13.1 Å². The first kappa shape index (κ1) is 16.1. The lowest BCUT2D eigenvalue weighted by atomic mass is 10.1. The molecule has 0 saturated carbocycles. The van der Waals surface area contributed by atoms with Crippen LogP contribution in [0.15, 0.2) is 48.7 Å². The van der Waals surface area contributed by atoms with E-state index < -0.39 is 0 Å². The van der Waals surface area contributed by atoms with Gasteiger partial charge in [-0.3, -0.25) is 0 Å². The highest BCUT2D eigenvalue weighted by molar-refractivity contribution is 5.45. The third-order valence-electron chi connectivity index (χ3n) is 4.00. The minimum atomic E-state index is 0.272. The van der Waals surface area contributed by atoms with Crippen molar-refractivity contribution in [1.29, 1.82) is 0 Å². The number of aryl methyl sites for hydroxylation is 1. The van der Waals surface area contributed by atoms with Gasteiger partial charge in [0.05, 0.1) is 6.20 Å². The molecule has 0 saturated heterocycles. The zero-order valence-corrected chi connectivity index (χ0v) is 14.4. The summed E-state index contributed by atoms with van der Waals surface area (Å²) in [5.74, 6) is 2.68. The number of benzene rings is 2. The van der Waals surface area contributed by atoms with Crippen molar-refractivity contribution in [2.75, 3.05) is 17.4 Å². The molecule has 1 aliphatic rings. The van der Waals surface area contributed by atoms with E-state index in [0.717, 1.165) is 17.1 Å². The molecule has 26 heavy (non-hydrogen) atoms. The molecule has 1 aliphatic heterocycles. The Morgan fingerprint density at radius 1 is 0.962 bits per heavy atom. The quantitative estimate of drug-likeness (QED) is 0.707. The van der Waals surface area contributed by atoms with Gasteiger partial charge >= 0.3 is 0 Å². The van der Waals surface area contributed by atoms with Gasteiger partial charge in [0.1, 0.15) is 0 Å². The fourth-order valence-electron chi connectivity index (χ4n) is 2.71. The van der Waals surface area contributed by atoms with Gasteiger partial charge in [0.25, 0.3) is 0 Å². The molecule has 0 spiro atoms. The molecule has 0 atom stereocenters. The summed E-state index contributed by atoms with van der Waals surface area (Å²) >= 11 is 0. The summed E-state index contributed by atoms with van der Waals surface area (Å²) in [6, 6.07) is 14.2. The Morgan fingerprint density at radius 3 is 2.73 bits per heavy atom. The lowest BCUT2D eigenvalue weighted by molar-refractivity contribution is 0.174. The Balaban J connectivity index is 1.36. The minimum absolute atomic E-state index is 0.272. The molecule has 0 radical (unpaired) electrons. The van der Waals surface area contributed by atoms with Gasteiger partial charge < -0.3 is 20.1 Å². The predicted molar refractivity (Wildman–Crippen MR) is 98.2 cm³/mol. The molecule has 7 heteroatoms. The topological polar surface area (TPSA) is 81.2 Å². The maximum Gasteiger partial charge on any atom is 0.244 e. The lowest BCUT2D eigenvalue weighted by Gasteiger charge is -2.08. The van der Waals surface area contributed by atoms with E-state index in [-0.39, 0.29) is 6.79 Å². The van der Waals surface area contributed by atoms with E-state index in [9.17, 15) is 0 Å². The number of aromatic nitrogens is 3. The number of hydrogen-bond acceptors (Lipinski definition) is 7. The van der Waals surface area contributed by atoms with Crippen molar-refractivity contribution in [3.8, 4) is 11.5 Å². The first-order valence-corrected chi connectivity index (χ1v) is 8.38. The normalized spacial score (nSPS) is 12.0. The molecule has 132 valence electrons. The highest BCUT2D eigenvalue weighted by atomic mass is 16.7. The SMILES string of the molecule is Cc1cccc(CNc2cnnc(NCc3ccc4c(c3)OCO4)n2)c1. The zero-order chi connectivity index (χ0) is 17.8. The highest BCUT2D eigenvalue weighted by Gasteiger charge is 2.13. The molecule has 2 N–H and O–H groups in total. The fourth-order valence-corrected chi connectivity index (χ4v) is 2.71. The number of fused-ring (bicyclic) bond motifs is 1. The van der Waals surface area contributed by atoms with Crippen molar-refractivity contribution in [1.82, 2.24) is 15.2 Å². The van der Waals surface area contributed by atoms with E-state index in [1.165, 1.54) is 11.1 Å². The molecule has 2 aromatic carbocycles. The van der Waals surface area contributed by atoms with Crippen LogP contribution in [0.25, 0.3) is 0 Å². The van der Waals surface area contributed by atoms with Crippen LogP contribution in [-0.4, -0.2) is 22.0 Å². The number of nitrogens with zero attached hydrogens (tertiary/aromatic N) is 3. The van der Waals surface area contributed by atoms with Crippen LogP contribution in [0, 0.1) is 6.92 Å². The molecule has 7 nitrogen and oxygen atoms in total. The third-order valence-corrected chi connectivity index (χ3v) is 4.00. The second-order valence-electron chi connectivity index (χ2n) is 6.05. The highest BCUT2D eigenvalue weighted by Crippen LogP contribution is 2.32. The summed E-state index contributed by atoms with van der Waals surface area (Å²) < 4.78 is 10.7. The summed E-state index contributed by atoms with van der Waals surface area (Å²) in [6.45, 7) is 3.60. The number of hydrogen-bond donors (Lipinski definition) is 2. The average molecular weight is 349 g/mol. The summed E-state index contributed by atoms with van der Waals surface area (Å²) in [7, 11) is 0. The Morgan fingerprint density at radius 2 is 1.81 bits per heavy atom. The molecule has 0 bridgehead atoms. The zero-order valence-electron chi connectivity index (χ0n) is 14.4. The summed E-state index contributed by atoms with van der Waals surface area (Å²) in [5, 5.41) is 14.5. The number of anilines is 2. The van der Waals surface area contributed by atoms with E-state index in [4.69, 9.17) is 9.47 Å². The van der Waals surface area contributed by atoms with Crippen LogP contribution in [0.1, 0.15) is 16.7 Å². The van der Waals surface area contributed by atoms with Gasteiger partial charge in [-0.2, -0.15) is 10.1 Å². The van der Waals surface area contributed by atoms with E-state index in [1.54, 1.807) is 6.20 Å².